The molecule has 0 saturated heterocycles. The number of ether oxygens (including phenoxy) is 2. The van der Waals surface area contributed by atoms with E-state index >= 15 is 0 Å². The molecule has 0 radical (unpaired) electrons. The first-order chi connectivity index (χ1) is 13.5. The van der Waals surface area contributed by atoms with Gasteiger partial charge in [0.05, 0.1) is 12.7 Å². The van der Waals surface area contributed by atoms with Gasteiger partial charge in [-0.2, -0.15) is 0 Å². The van der Waals surface area contributed by atoms with Gasteiger partial charge < -0.3 is 14.8 Å². The van der Waals surface area contributed by atoms with Crippen molar-refractivity contribution in [2.45, 2.75) is 45.1 Å². The first kappa shape index (κ1) is 21.4. The van der Waals surface area contributed by atoms with E-state index in [9.17, 15) is 14.4 Å². The summed E-state index contributed by atoms with van der Waals surface area (Å²) >= 11 is 0. The van der Waals surface area contributed by atoms with Crippen LogP contribution < -0.4 is 5.32 Å². The lowest BCUT2D eigenvalue weighted by Crippen LogP contribution is -2.36. The van der Waals surface area contributed by atoms with Crippen LogP contribution in [0.1, 0.15) is 54.9 Å². The van der Waals surface area contributed by atoms with Crippen molar-refractivity contribution in [3.63, 3.8) is 0 Å². The first-order valence-corrected chi connectivity index (χ1v) is 9.52. The molecule has 0 saturated carbocycles. The van der Waals surface area contributed by atoms with Crippen LogP contribution in [0.15, 0.2) is 42.0 Å². The molecule has 0 bridgehead atoms. The molecule has 1 aromatic carbocycles. The van der Waals surface area contributed by atoms with Crippen molar-refractivity contribution in [1.29, 1.82) is 0 Å². The number of allylic oxidation sites excluding steroid dienone is 1. The summed E-state index contributed by atoms with van der Waals surface area (Å²) in [6, 6.07) is 6.58. The molecule has 6 heteroatoms. The number of esters is 2. The van der Waals surface area contributed by atoms with Gasteiger partial charge in [0.15, 0.2) is 6.10 Å². The van der Waals surface area contributed by atoms with E-state index in [-0.39, 0.29) is 5.91 Å². The highest BCUT2D eigenvalue weighted by molar-refractivity contribution is 5.91. The summed E-state index contributed by atoms with van der Waals surface area (Å²) in [5, 5.41) is 2.81. The summed E-state index contributed by atoms with van der Waals surface area (Å²) in [4.78, 5) is 35.3. The highest BCUT2D eigenvalue weighted by Crippen LogP contribution is 2.19. The van der Waals surface area contributed by atoms with Gasteiger partial charge in [0.25, 0.3) is 5.91 Å². The van der Waals surface area contributed by atoms with E-state index < -0.39 is 18.0 Å². The van der Waals surface area contributed by atoms with E-state index in [4.69, 9.17) is 4.74 Å². The Balaban J connectivity index is 1.74. The SMILES string of the molecule is COC(=O)c1ccc(/C=C/C(=O)O[C@H](C)C(=O)NCCC2=CCCCC2)cc1. The van der Waals surface area contributed by atoms with Crippen molar-refractivity contribution in [2.24, 2.45) is 0 Å². The normalized spacial score (nSPS) is 14.9. The van der Waals surface area contributed by atoms with E-state index in [1.54, 1.807) is 37.3 Å². The number of hydrogen-bond donors (Lipinski definition) is 1. The first-order valence-electron chi connectivity index (χ1n) is 9.52. The molecule has 6 nitrogen and oxygen atoms in total. The maximum Gasteiger partial charge on any atom is 0.337 e. The van der Waals surface area contributed by atoms with Crippen LogP contribution in [-0.4, -0.2) is 37.6 Å². The minimum Gasteiger partial charge on any atom is -0.465 e. The van der Waals surface area contributed by atoms with Gasteiger partial charge >= 0.3 is 11.9 Å². The van der Waals surface area contributed by atoms with Crippen molar-refractivity contribution in [3.05, 3.63) is 53.1 Å². The summed E-state index contributed by atoms with van der Waals surface area (Å²) < 4.78 is 9.76. The van der Waals surface area contributed by atoms with Gasteiger partial charge in [-0.25, -0.2) is 9.59 Å². The molecule has 1 aliphatic carbocycles. The van der Waals surface area contributed by atoms with E-state index in [1.165, 1.54) is 31.6 Å². The molecule has 0 aromatic heterocycles. The highest BCUT2D eigenvalue weighted by atomic mass is 16.5. The molecule has 1 amide bonds. The third-order valence-electron chi connectivity index (χ3n) is 4.54. The Morgan fingerprint density at radius 3 is 2.57 bits per heavy atom. The second-order valence-corrected chi connectivity index (χ2v) is 6.68. The molecule has 0 heterocycles. The lowest BCUT2D eigenvalue weighted by molar-refractivity contribution is -0.150. The minimum absolute atomic E-state index is 0.305. The van der Waals surface area contributed by atoms with Crippen molar-refractivity contribution < 1.29 is 23.9 Å². The molecule has 0 fully saturated rings. The number of methoxy groups -OCH3 is 1. The zero-order chi connectivity index (χ0) is 20.4. The average Bonchev–Trinajstić information content (AvgIpc) is 2.72. The van der Waals surface area contributed by atoms with Crippen molar-refractivity contribution in [2.75, 3.05) is 13.7 Å². The second-order valence-electron chi connectivity index (χ2n) is 6.68. The van der Waals surface area contributed by atoms with Crippen LogP contribution in [0.2, 0.25) is 0 Å². The topological polar surface area (TPSA) is 81.7 Å². The molecular formula is C22H27NO5. The summed E-state index contributed by atoms with van der Waals surface area (Å²) in [5.41, 5.74) is 2.54. The van der Waals surface area contributed by atoms with Crippen LogP contribution >= 0.6 is 0 Å². The largest absolute Gasteiger partial charge is 0.465 e. The zero-order valence-corrected chi connectivity index (χ0v) is 16.4. The molecule has 150 valence electrons. The number of nitrogens with one attached hydrogen (secondary N) is 1. The smallest absolute Gasteiger partial charge is 0.337 e. The fourth-order valence-corrected chi connectivity index (χ4v) is 2.90. The Labute approximate surface area is 165 Å². The Bertz CT molecular complexity index is 749. The number of carbonyl (C=O) groups is 3. The summed E-state index contributed by atoms with van der Waals surface area (Å²) in [5.74, 6) is -1.33. The molecule has 1 N–H and O–H groups in total. The fraction of sp³-hybridized carbons (Fsp3) is 0.409. The highest BCUT2D eigenvalue weighted by Gasteiger charge is 2.16. The predicted molar refractivity (Wildman–Crippen MR) is 107 cm³/mol. The number of benzene rings is 1. The summed E-state index contributed by atoms with van der Waals surface area (Å²) in [6.45, 7) is 2.10. The van der Waals surface area contributed by atoms with Gasteiger partial charge in [0.1, 0.15) is 0 Å². The van der Waals surface area contributed by atoms with E-state index in [0.717, 1.165) is 24.8 Å². The lowest BCUT2D eigenvalue weighted by Gasteiger charge is -2.15. The maximum atomic E-state index is 12.0. The van der Waals surface area contributed by atoms with Crippen LogP contribution in [0.4, 0.5) is 0 Å². The Kier molecular flexibility index (Phi) is 8.46. The van der Waals surface area contributed by atoms with Crippen LogP contribution in [0.25, 0.3) is 6.08 Å². The predicted octanol–water partition coefficient (Wildman–Crippen LogP) is 3.42. The zero-order valence-electron chi connectivity index (χ0n) is 16.4. The van der Waals surface area contributed by atoms with Crippen molar-refractivity contribution in [1.82, 2.24) is 5.32 Å². The van der Waals surface area contributed by atoms with Gasteiger partial charge in [0.2, 0.25) is 0 Å². The van der Waals surface area contributed by atoms with Gasteiger partial charge in [-0.15, -0.1) is 0 Å². The molecule has 0 spiro atoms. The second kappa shape index (κ2) is 11.1. The van der Waals surface area contributed by atoms with E-state index in [1.807, 2.05) is 0 Å². The van der Waals surface area contributed by atoms with Gasteiger partial charge in [0, 0.05) is 12.6 Å². The number of amides is 1. The fourth-order valence-electron chi connectivity index (χ4n) is 2.90. The van der Waals surface area contributed by atoms with Crippen molar-refractivity contribution in [3.8, 4) is 0 Å². The minimum atomic E-state index is -0.862. The lowest BCUT2D eigenvalue weighted by atomic mass is 9.97. The van der Waals surface area contributed by atoms with Crippen LogP contribution in [0.3, 0.4) is 0 Å². The van der Waals surface area contributed by atoms with Crippen LogP contribution in [-0.2, 0) is 19.1 Å². The Hall–Kier alpha value is -2.89. The van der Waals surface area contributed by atoms with E-state index in [0.29, 0.717) is 12.1 Å². The molecule has 1 atom stereocenters. The molecule has 28 heavy (non-hydrogen) atoms. The Morgan fingerprint density at radius 1 is 1.18 bits per heavy atom. The maximum absolute atomic E-state index is 12.0. The van der Waals surface area contributed by atoms with Gasteiger partial charge in [-0.05, 0) is 62.8 Å². The third-order valence-corrected chi connectivity index (χ3v) is 4.54. The molecule has 2 rings (SSSR count). The van der Waals surface area contributed by atoms with Crippen LogP contribution in [0.5, 0.6) is 0 Å². The molecule has 0 unspecified atom stereocenters. The number of rotatable bonds is 8. The monoisotopic (exact) mass is 385 g/mol. The van der Waals surface area contributed by atoms with E-state index in [2.05, 4.69) is 16.1 Å². The number of carbonyl (C=O) groups excluding carboxylic acids is 3. The molecule has 1 aromatic rings. The summed E-state index contributed by atoms with van der Waals surface area (Å²) in [7, 11) is 1.32. The van der Waals surface area contributed by atoms with Gasteiger partial charge in [-0.3, -0.25) is 4.79 Å². The molecular weight excluding hydrogens is 358 g/mol. The summed E-state index contributed by atoms with van der Waals surface area (Å²) in [6.07, 6.45) is 9.72. The third kappa shape index (κ3) is 7.02. The quantitative estimate of drug-likeness (QED) is 0.421. The molecule has 0 aliphatic heterocycles. The average molecular weight is 385 g/mol. The number of hydrogen-bond acceptors (Lipinski definition) is 5. The standard InChI is InChI=1S/C22H27NO5/c1-16(21(25)23-15-14-17-6-4-3-5-7-17)28-20(24)13-10-18-8-11-19(12-9-18)22(26)27-2/h6,8-13,16H,3-5,7,14-15H2,1-2H3,(H,23,25)/b13-10+/t16-/m1/s1. The Morgan fingerprint density at radius 2 is 1.93 bits per heavy atom. The van der Waals surface area contributed by atoms with Gasteiger partial charge in [-0.1, -0.05) is 23.8 Å². The van der Waals surface area contributed by atoms with Crippen LogP contribution in [0, 0.1) is 0 Å². The molecule has 1 aliphatic rings. The van der Waals surface area contributed by atoms with Crippen molar-refractivity contribution >= 4 is 23.9 Å².